The molecule has 1 unspecified atom stereocenters. The van der Waals surface area contributed by atoms with Gasteiger partial charge in [0.25, 0.3) is 0 Å². The van der Waals surface area contributed by atoms with E-state index in [2.05, 4.69) is 0 Å². The van der Waals surface area contributed by atoms with E-state index < -0.39 is 10.0 Å². The van der Waals surface area contributed by atoms with Gasteiger partial charge in [0.2, 0.25) is 15.6 Å². The fourth-order valence-corrected chi connectivity index (χ4v) is 4.13. The minimum Gasteiger partial charge on any atom is -0.318 e. The zero-order chi connectivity index (χ0) is 22.1. The SMILES string of the molecule is Cc1cc(Cl)ccc1C(CC(=O)c1ccc(=O)n(C)c1)c1ccc(S(N)(=O)=O)cc1. The van der Waals surface area contributed by atoms with Crippen LogP contribution in [-0.2, 0) is 17.1 Å². The second-order valence-electron chi connectivity index (χ2n) is 7.16. The summed E-state index contributed by atoms with van der Waals surface area (Å²) in [6.07, 6.45) is 1.65. The number of primary sulfonamides is 1. The van der Waals surface area contributed by atoms with Gasteiger partial charge in [-0.2, -0.15) is 0 Å². The van der Waals surface area contributed by atoms with Gasteiger partial charge in [-0.05, 0) is 53.9 Å². The van der Waals surface area contributed by atoms with E-state index in [0.29, 0.717) is 10.6 Å². The first kappa shape index (κ1) is 22.0. The molecule has 2 N–H and O–H groups in total. The second kappa shape index (κ2) is 8.55. The molecule has 3 aromatic rings. The number of sulfonamides is 1. The van der Waals surface area contributed by atoms with Gasteiger partial charge in [0, 0.05) is 42.2 Å². The summed E-state index contributed by atoms with van der Waals surface area (Å²) in [6.45, 7) is 1.91. The average Bonchev–Trinajstić information content (AvgIpc) is 2.68. The largest absolute Gasteiger partial charge is 0.318 e. The minimum atomic E-state index is -3.82. The van der Waals surface area contributed by atoms with Crippen molar-refractivity contribution in [2.75, 3.05) is 0 Å². The van der Waals surface area contributed by atoms with Crippen molar-refractivity contribution in [1.82, 2.24) is 4.57 Å². The third-order valence-electron chi connectivity index (χ3n) is 5.02. The van der Waals surface area contributed by atoms with Gasteiger partial charge in [-0.3, -0.25) is 9.59 Å². The lowest BCUT2D eigenvalue weighted by molar-refractivity contribution is 0.0977. The van der Waals surface area contributed by atoms with Crippen LogP contribution in [0, 0.1) is 6.92 Å². The Hall–Kier alpha value is -2.74. The number of Topliss-reactive ketones (excluding diaryl/α,β-unsaturated/α-hetero) is 1. The summed E-state index contributed by atoms with van der Waals surface area (Å²) in [7, 11) is -2.23. The van der Waals surface area contributed by atoms with E-state index in [9.17, 15) is 18.0 Å². The van der Waals surface area contributed by atoms with Crippen LogP contribution in [0.1, 0.15) is 39.4 Å². The number of pyridine rings is 1. The van der Waals surface area contributed by atoms with Gasteiger partial charge in [-0.25, -0.2) is 13.6 Å². The Morgan fingerprint density at radius 2 is 1.77 bits per heavy atom. The minimum absolute atomic E-state index is 0.00205. The van der Waals surface area contributed by atoms with Crippen LogP contribution in [0.15, 0.2) is 70.5 Å². The summed E-state index contributed by atoms with van der Waals surface area (Å²) in [6, 6.07) is 14.5. The highest BCUT2D eigenvalue weighted by atomic mass is 35.5. The monoisotopic (exact) mass is 444 g/mol. The van der Waals surface area contributed by atoms with Crippen molar-refractivity contribution in [2.45, 2.75) is 24.2 Å². The number of nitrogens with zero attached hydrogens (tertiary/aromatic N) is 1. The Kier molecular flexibility index (Phi) is 6.26. The molecular weight excluding hydrogens is 424 g/mol. The van der Waals surface area contributed by atoms with Crippen LogP contribution in [0.3, 0.4) is 0 Å². The number of carbonyl (C=O) groups is 1. The normalized spacial score (nSPS) is 12.5. The fourth-order valence-electron chi connectivity index (χ4n) is 3.39. The number of halogens is 1. The second-order valence-corrected chi connectivity index (χ2v) is 9.16. The maximum atomic E-state index is 13.0. The molecule has 6 nitrogen and oxygen atoms in total. The smallest absolute Gasteiger partial charge is 0.250 e. The van der Waals surface area contributed by atoms with Crippen molar-refractivity contribution in [3.05, 3.63) is 98.4 Å². The predicted octanol–water partition coefficient (Wildman–Crippen LogP) is 3.40. The molecule has 1 atom stereocenters. The van der Waals surface area contributed by atoms with E-state index in [4.69, 9.17) is 16.7 Å². The maximum absolute atomic E-state index is 13.0. The Bertz CT molecular complexity index is 1270. The Labute approximate surface area is 180 Å². The first-order valence-corrected chi connectivity index (χ1v) is 11.1. The zero-order valence-corrected chi connectivity index (χ0v) is 18.1. The molecule has 3 rings (SSSR count). The highest BCUT2D eigenvalue weighted by molar-refractivity contribution is 7.89. The summed E-state index contributed by atoms with van der Waals surface area (Å²) < 4.78 is 24.5. The quantitative estimate of drug-likeness (QED) is 0.589. The Morgan fingerprint density at radius 3 is 2.33 bits per heavy atom. The van der Waals surface area contributed by atoms with Crippen molar-refractivity contribution in [3.63, 3.8) is 0 Å². The number of nitrogens with two attached hydrogens (primary N) is 1. The number of aromatic nitrogens is 1. The maximum Gasteiger partial charge on any atom is 0.250 e. The summed E-state index contributed by atoms with van der Waals surface area (Å²) in [4.78, 5) is 24.6. The zero-order valence-electron chi connectivity index (χ0n) is 16.5. The predicted molar refractivity (Wildman–Crippen MR) is 116 cm³/mol. The van der Waals surface area contributed by atoms with Gasteiger partial charge in [0.1, 0.15) is 0 Å². The van der Waals surface area contributed by atoms with Gasteiger partial charge in [-0.15, -0.1) is 0 Å². The van der Waals surface area contributed by atoms with E-state index in [-0.39, 0.29) is 28.6 Å². The van der Waals surface area contributed by atoms with Crippen LogP contribution in [0.25, 0.3) is 0 Å². The molecule has 0 fully saturated rings. The lowest BCUT2D eigenvalue weighted by Gasteiger charge is -2.20. The molecule has 0 aliphatic heterocycles. The Morgan fingerprint density at radius 1 is 1.10 bits per heavy atom. The number of aryl methyl sites for hydroxylation is 2. The van der Waals surface area contributed by atoms with Crippen molar-refractivity contribution in [3.8, 4) is 0 Å². The molecule has 0 amide bonds. The molecular formula is C22H21ClN2O4S. The van der Waals surface area contributed by atoms with Crippen LogP contribution < -0.4 is 10.7 Å². The van der Waals surface area contributed by atoms with Crippen LogP contribution in [0.5, 0.6) is 0 Å². The third kappa shape index (κ3) is 4.87. The number of ketones is 1. The van der Waals surface area contributed by atoms with Gasteiger partial charge < -0.3 is 4.57 Å². The summed E-state index contributed by atoms with van der Waals surface area (Å²) >= 11 is 6.09. The number of rotatable bonds is 6. The lowest BCUT2D eigenvalue weighted by Crippen LogP contribution is -2.18. The van der Waals surface area contributed by atoms with E-state index in [1.54, 1.807) is 25.2 Å². The number of carbonyl (C=O) groups excluding carboxylic acids is 1. The van der Waals surface area contributed by atoms with E-state index >= 15 is 0 Å². The van der Waals surface area contributed by atoms with Gasteiger partial charge in [-0.1, -0.05) is 29.8 Å². The summed E-state index contributed by atoms with van der Waals surface area (Å²) in [5.41, 5.74) is 2.81. The molecule has 0 saturated heterocycles. The standard InChI is InChI=1S/C22H21ClN2O4S/c1-14-11-17(23)6-9-19(14)20(15-3-7-18(8-4-15)30(24,28)29)12-21(26)16-5-10-22(27)25(2)13-16/h3-11,13,20H,12H2,1-2H3,(H2,24,28,29). The van der Waals surface area contributed by atoms with Crippen molar-refractivity contribution < 1.29 is 13.2 Å². The van der Waals surface area contributed by atoms with E-state index in [1.807, 2.05) is 19.1 Å². The molecule has 8 heteroatoms. The van der Waals surface area contributed by atoms with Crippen LogP contribution in [-0.4, -0.2) is 18.8 Å². The molecule has 0 aliphatic carbocycles. The van der Waals surface area contributed by atoms with E-state index in [0.717, 1.165) is 16.7 Å². The third-order valence-corrected chi connectivity index (χ3v) is 6.18. The summed E-state index contributed by atoms with van der Waals surface area (Å²) in [5.74, 6) is -0.470. The molecule has 1 heterocycles. The molecule has 156 valence electrons. The molecule has 2 aromatic carbocycles. The average molecular weight is 445 g/mol. The molecule has 30 heavy (non-hydrogen) atoms. The van der Waals surface area contributed by atoms with Gasteiger partial charge in [0.05, 0.1) is 4.90 Å². The molecule has 0 spiro atoms. The molecule has 0 radical (unpaired) electrons. The van der Waals surface area contributed by atoms with Crippen molar-refractivity contribution in [1.29, 1.82) is 0 Å². The van der Waals surface area contributed by atoms with Crippen LogP contribution in [0.4, 0.5) is 0 Å². The Balaban J connectivity index is 2.04. The highest BCUT2D eigenvalue weighted by Gasteiger charge is 2.22. The number of hydrogen-bond donors (Lipinski definition) is 1. The first-order valence-electron chi connectivity index (χ1n) is 9.15. The molecule has 0 saturated carbocycles. The molecule has 0 bridgehead atoms. The fraction of sp³-hybridized carbons (Fsp3) is 0.182. The number of benzene rings is 2. The summed E-state index contributed by atoms with van der Waals surface area (Å²) in [5, 5.41) is 5.78. The lowest BCUT2D eigenvalue weighted by atomic mass is 9.84. The van der Waals surface area contributed by atoms with Gasteiger partial charge >= 0.3 is 0 Å². The van der Waals surface area contributed by atoms with Crippen molar-refractivity contribution in [2.24, 2.45) is 12.2 Å². The first-order chi connectivity index (χ1) is 14.1. The van der Waals surface area contributed by atoms with E-state index in [1.165, 1.54) is 35.0 Å². The molecule has 1 aromatic heterocycles. The molecule has 0 aliphatic rings. The highest BCUT2D eigenvalue weighted by Crippen LogP contribution is 2.33. The topological polar surface area (TPSA) is 99.2 Å². The van der Waals surface area contributed by atoms with Gasteiger partial charge in [0.15, 0.2) is 5.78 Å². The van der Waals surface area contributed by atoms with Crippen LogP contribution >= 0.6 is 11.6 Å². The number of hydrogen-bond acceptors (Lipinski definition) is 4. The van der Waals surface area contributed by atoms with Crippen molar-refractivity contribution >= 4 is 27.4 Å². The van der Waals surface area contributed by atoms with Crippen LogP contribution in [0.2, 0.25) is 5.02 Å².